The third kappa shape index (κ3) is 2.81. The Bertz CT molecular complexity index is 636. The minimum Gasteiger partial charge on any atom is -0.269 e. The van der Waals surface area contributed by atoms with E-state index in [1.165, 1.54) is 28.2 Å². The van der Waals surface area contributed by atoms with Gasteiger partial charge in [0.15, 0.2) is 0 Å². The largest absolute Gasteiger partial charge is 0.269 e. The summed E-state index contributed by atoms with van der Waals surface area (Å²) in [6.07, 6.45) is 10.5. The minimum absolute atomic E-state index is 0.00690. The van der Waals surface area contributed by atoms with Crippen LogP contribution in [0.3, 0.4) is 0 Å². The van der Waals surface area contributed by atoms with Crippen molar-refractivity contribution >= 4 is 11.8 Å². The van der Waals surface area contributed by atoms with Crippen LogP contribution >= 0.6 is 0 Å². The average Bonchev–Trinajstić information content (AvgIpc) is 3.08. The molecule has 1 heterocycles. The first-order valence-electron chi connectivity index (χ1n) is 9.26. The zero-order valence-corrected chi connectivity index (χ0v) is 14.8. The predicted molar refractivity (Wildman–Crippen MR) is 95.4 cm³/mol. The van der Waals surface area contributed by atoms with Crippen molar-refractivity contribution in [2.45, 2.75) is 64.8 Å². The fourth-order valence-corrected chi connectivity index (χ4v) is 4.48. The first-order valence-corrected chi connectivity index (χ1v) is 9.26. The second-order valence-corrected chi connectivity index (χ2v) is 7.23. The summed E-state index contributed by atoms with van der Waals surface area (Å²) in [6.45, 7) is 4.41. The van der Waals surface area contributed by atoms with Gasteiger partial charge in [-0.1, -0.05) is 63.8 Å². The van der Waals surface area contributed by atoms with Gasteiger partial charge in [0, 0.05) is 12.2 Å². The van der Waals surface area contributed by atoms with Crippen LogP contribution in [-0.2, 0) is 16.0 Å². The molecule has 0 N–H and O–H groups in total. The molecule has 3 nitrogen and oxygen atoms in total. The summed E-state index contributed by atoms with van der Waals surface area (Å²) in [7, 11) is 0. The molecule has 0 saturated heterocycles. The topological polar surface area (TPSA) is 37.4 Å². The van der Waals surface area contributed by atoms with Crippen molar-refractivity contribution < 1.29 is 9.59 Å². The van der Waals surface area contributed by atoms with Crippen LogP contribution in [0.5, 0.6) is 0 Å². The number of benzene rings is 1. The van der Waals surface area contributed by atoms with Gasteiger partial charge in [-0.05, 0) is 35.8 Å². The van der Waals surface area contributed by atoms with E-state index in [0.717, 1.165) is 44.9 Å². The number of carbonyl (C=O) groups is 2. The number of fused-ring (bicyclic) bond motifs is 1. The van der Waals surface area contributed by atoms with E-state index in [4.69, 9.17) is 0 Å². The van der Waals surface area contributed by atoms with Crippen LogP contribution in [-0.4, -0.2) is 16.7 Å². The maximum atomic E-state index is 12.4. The van der Waals surface area contributed by atoms with E-state index in [1.807, 2.05) is 6.07 Å². The fourth-order valence-electron chi connectivity index (χ4n) is 4.48. The van der Waals surface area contributed by atoms with Crippen molar-refractivity contribution in [3.63, 3.8) is 0 Å². The lowest BCUT2D eigenvalue weighted by Crippen LogP contribution is -2.42. The van der Waals surface area contributed by atoms with E-state index in [-0.39, 0.29) is 23.3 Å². The lowest BCUT2D eigenvalue weighted by Gasteiger charge is -2.40. The van der Waals surface area contributed by atoms with Crippen molar-refractivity contribution in [2.24, 2.45) is 5.41 Å². The van der Waals surface area contributed by atoms with Crippen molar-refractivity contribution in [2.75, 3.05) is 0 Å². The van der Waals surface area contributed by atoms with Crippen LogP contribution in [0.25, 0.3) is 0 Å². The van der Waals surface area contributed by atoms with Crippen molar-refractivity contribution in [3.8, 4) is 0 Å². The van der Waals surface area contributed by atoms with Gasteiger partial charge >= 0.3 is 0 Å². The summed E-state index contributed by atoms with van der Waals surface area (Å²) in [5.74, 6) is -0.307. The third-order valence-electron chi connectivity index (χ3n) is 5.63. The molecule has 3 rings (SSSR count). The Labute approximate surface area is 144 Å². The number of hydrogen-bond acceptors (Lipinski definition) is 2. The zero-order valence-electron chi connectivity index (χ0n) is 14.8. The SMILES string of the molecule is CCCCC1(CCCC)Cc2ccccc2[C@H]1N1C(=O)C=CC1=O. The number of hydrogen-bond donors (Lipinski definition) is 0. The molecule has 2 aliphatic rings. The van der Waals surface area contributed by atoms with Crippen LogP contribution < -0.4 is 0 Å². The lowest BCUT2D eigenvalue weighted by atomic mass is 9.72. The number of carbonyl (C=O) groups excluding carboxylic acids is 2. The van der Waals surface area contributed by atoms with E-state index in [0.29, 0.717) is 0 Å². The Balaban J connectivity index is 2.05. The predicted octanol–water partition coefficient (Wildman–Crippen LogP) is 4.58. The van der Waals surface area contributed by atoms with E-state index in [9.17, 15) is 9.59 Å². The Hall–Kier alpha value is -1.90. The highest BCUT2D eigenvalue weighted by Crippen LogP contribution is 2.55. The molecule has 0 spiro atoms. The van der Waals surface area contributed by atoms with E-state index < -0.39 is 0 Å². The molecule has 0 aromatic heterocycles. The van der Waals surface area contributed by atoms with Gasteiger partial charge in [-0.15, -0.1) is 0 Å². The fraction of sp³-hybridized carbons (Fsp3) is 0.524. The third-order valence-corrected chi connectivity index (χ3v) is 5.63. The summed E-state index contributed by atoms with van der Waals surface area (Å²) < 4.78 is 0. The van der Waals surface area contributed by atoms with Crippen LogP contribution in [0.4, 0.5) is 0 Å². The molecule has 3 heteroatoms. The number of amides is 2. The quantitative estimate of drug-likeness (QED) is 0.688. The highest BCUT2D eigenvalue weighted by atomic mass is 16.2. The molecule has 1 aliphatic carbocycles. The number of imide groups is 1. The molecule has 0 unspecified atom stereocenters. The molecule has 24 heavy (non-hydrogen) atoms. The first-order chi connectivity index (χ1) is 11.6. The van der Waals surface area contributed by atoms with Crippen molar-refractivity contribution in [3.05, 3.63) is 47.5 Å². The van der Waals surface area contributed by atoms with Gasteiger partial charge in [0.2, 0.25) is 0 Å². The Morgan fingerprint density at radius 1 is 1.00 bits per heavy atom. The standard InChI is InChI=1S/C21H27NO2/c1-3-5-13-21(14-6-4-2)15-16-9-7-8-10-17(16)20(21)22-18(23)11-12-19(22)24/h7-12,20H,3-6,13-15H2,1-2H3/t20-/m1/s1. The number of unbranched alkanes of at least 4 members (excludes halogenated alkanes) is 2. The van der Waals surface area contributed by atoms with Crippen molar-refractivity contribution in [1.82, 2.24) is 4.90 Å². The van der Waals surface area contributed by atoms with E-state index in [1.54, 1.807) is 0 Å². The van der Waals surface area contributed by atoms with Gasteiger partial charge in [0.05, 0.1) is 6.04 Å². The van der Waals surface area contributed by atoms with Crippen LogP contribution in [0.2, 0.25) is 0 Å². The Morgan fingerprint density at radius 2 is 1.58 bits per heavy atom. The molecular weight excluding hydrogens is 298 g/mol. The number of nitrogens with zero attached hydrogens (tertiary/aromatic N) is 1. The second-order valence-electron chi connectivity index (χ2n) is 7.23. The highest BCUT2D eigenvalue weighted by molar-refractivity contribution is 6.13. The Morgan fingerprint density at radius 3 is 2.17 bits per heavy atom. The van der Waals surface area contributed by atoms with Crippen LogP contribution in [0.1, 0.15) is 69.5 Å². The molecule has 0 fully saturated rings. The van der Waals surface area contributed by atoms with Gasteiger partial charge in [0.25, 0.3) is 11.8 Å². The molecule has 0 bridgehead atoms. The van der Waals surface area contributed by atoms with Gasteiger partial charge in [-0.3, -0.25) is 14.5 Å². The van der Waals surface area contributed by atoms with E-state index >= 15 is 0 Å². The molecular formula is C21H27NO2. The highest BCUT2D eigenvalue weighted by Gasteiger charge is 2.51. The van der Waals surface area contributed by atoms with E-state index in [2.05, 4.69) is 32.0 Å². The maximum Gasteiger partial charge on any atom is 0.254 e. The molecule has 0 radical (unpaired) electrons. The number of rotatable bonds is 7. The summed E-state index contributed by atoms with van der Waals surface area (Å²) >= 11 is 0. The van der Waals surface area contributed by atoms with Crippen LogP contribution in [0.15, 0.2) is 36.4 Å². The molecule has 1 atom stereocenters. The van der Waals surface area contributed by atoms with Crippen molar-refractivity contribution in [1.29, 1.82) is 0 Å². The summed E-state index contributed by atoms with van der Waals surface area (Å²) in [5, 5.41) is 0. The van der Waals surface area contributed by atoms with Gasteiger partial charge in [0.1, 0.15) is 0 Å². The Kier molecular flexibility index (Phi) is 4.88. The lowest BCUT2D eigenvalue weighted by molar-refractivity contribution is -0.143. The molecule has 2 amide bonds. The minimum atomic E-state index is -0.154. The van der Waals surface area contributed by atoms with Gasteiger partial charge in [-0.25, -0.2) is 0 Å². The smallest absolute Gasteiger partial charge is 0.254 e. The first kappa shape index (κ1) is 16.9. The molecule has 0 saturated carbocycles. The maximum absolute atomic E-state index is 12.4. The monoisotopic (exact) mass is 325 g/mol. The summed E-state index contributed by atoms with van der Waals surface area (Å²) in [4.78, 5) is 26.4. The summed E-state index contributed by atoms with van der Waals surface area (Å²) in [5.41, 5.74) is 2.48. The average molecular weight is 325 g/mol. The molecule has 1 aliphatic heterocycles. The molecule has 128 valence electrons. The molecule has 1 aromatic rings. The normalized spacial score (nSPS) is 21.6. The van der Waals surface area contributed by atoms with Crippen LogP contribution in [0, 0.1) is 5.41 Å². The molecule has 1 aromatic carbocycles. The summed E-state index contributed by atoms with van der Waals surface area (Å²) in [6, 6.07) is 8.26. The second kappa shape index (κ2) is 6.92. The van der Waals surface area contributed by atoms with Gasteiger partial charge in [-0.2, -0.15) is 0 Å². The zero-order chi connectivity index (χ0) is 17.2. The van der Waals surface area contributed by atoms with Gasteiger partial charge < -0.3 is 0 Å².